The maximum absolute atomic E-state index is 12.2. The predicted molar refractivity (Wildman–Crippen MR) is 79.1 cm³/mol. The third-order valence-electron chi connectivity index (χ3n) is 3.44. The quantitative estimate of drug-likeness (QED) is 0.682. The predicted octanol–water partition coefficient (Wildman–Crippen LogP) is 3.78. The minimum atomic E-state index is -0.383. The van der Waals surface area contributed by atoms with Crippen molar-refractivity contribution in [3.8, 4) is 16.9 Å². The van der Waals surface area contributed by atoms with E-state index in [1.54, 1.807) is 12.1 Å². The Morgan fingerprint density at radius 3 is 2.45 bits per heavy atom. The second-order valence-corrected chi connectivity index (χ2v) is 4.91. The van der Waals surface area contributed by atoms with Gasteiger partial charge in [-0.3, -0.25) is 0 Å². The molecular weight excluding hydrogens is 252 g/mol. The highest BCUT2D eigenvalue weighted by Crippen LogP contribution is 2.33. The molecule has 0 bridgehead atoms. The van der Waals surface area contributed by atoms with Gasteiger partial charge in [-0.05, 0) is 42.7 Å². The van der Waals surface area contributed by atoms with E-state index in [-0.39, 0.29) is 11.4 Å². The van der Waals surface area contributed by atoms with Gasteiger partial charge < -0.3 is 9.52 Å². The van der Waals surface area contributed by atoms with Crippen LogP contribution in [0.1, 0.15) is 11.1 Å². The fraction of sp³-hybridized carbons (Fsp3) is 0.118. The van der Waals surface area contributed by atoms with Crippen LogP contribution < -0.4 is 5.63 Å². The van der Waals surface area contributed by atoms with E-state index in [9.17, 15) is 9.90 Å². The van der Waals surface area contributed by atoms with Crippen LogP contribution in [0, 0.1) is 13.8 Å². The Morgan fingerprint density at radius 2 is 1.75 bits per heavy atom. The Bertz CT molecular complexity index is 845. The zero-order valence-electron chi connectivity index (χ0n) is 11.3. The van der Waals surface area contributed by atoms with Crippen molar-refractivity contribution in [2.45, 2.75) is 13.8 Å². The molecule has 0 unspecified atom stereocenters. The second-order valence-electron chi connectivity index (χ2n) is 4.91. The summed E-state index contributed by atoms with van der Waals surface area (Å²) in [6, 6.07) is 12.8. The summed E-state index contributed by atoms with van der Waals surface area (Å²) < 4.78 is 5.37. The number of aromatic hydroxyl groups is 1. The average molecular weight is 266 g/mol. The molecule has 0 atom stereocenters. The van der Waals surface area contributed by atoms with Gasteiger partial charge in [-0.2, -0.15) is 0 Å². The molecule has 100 valence electrons. The summed E-state index contributed by atoms with van der Waals surface area (Å²) >= 11 is 0. The van der Waals surface area contributed by atoms with Crippen molar-refractivity contribution < 1.29 is 9.52 Å². The molecule has 3 heteroatoms. The first-order chi connectivity index (χ1) is 9.58. The summed E-state index contributed by atoms with van der Waals surface area (Å²) in [4.78, 5) is 12.2. The van der Waals surface area contributed by atoms with Gasteiger partial charge in [0.1, 0.15) is 11.3 Å². The van der Waals surface area contributed by atoms with Crippen LogP contribution in [0.15, 0.2) is 51.7 Å². The van der Waals surface area contributed by atoms with Crippen molar-refractivity contribution in [2.24, 2.45) is 0 Å². The van der Waals surface area contributed by atoms with Gasteiger partial charge in [-0.25, -0.2) is 4.79 Å². The van der Waals surface area contributed by atoms with Crippen molar-refractivity contribution >= 4 is 11.0 Å². The first-order valence-electron chi connectivity index (χ1n) is 6.40. The van der Waals surface area contributed by atoms with Gasteiger partial charge in [-0.15, -0.1) is 0 Å². The molecule has 0 aliphatic rings. The van der Waals surface area contributed by atoms with E-state index in [1.807, 2.05) is 44.2 Å². The standard InChI is InChI=1S/C17H14O3/c1-10-8-13(18)16-11(2)15(12-6-4-3-5-7-12)17(19)20-14(16)9-10/h3-9,18H,1-2H3. The van der Waals surface area contributed by atoms with Crippen LogP contribution in [0.3, 0.4) is 0 Å². The van der Waals surface area contributed by atoms with Gasteiger partial charge in [0.25, 0.3) is 0 Å². The van der Waals surface area contributed by atoms with Crippen LogP contribution in [-0.4, -0.2) is 5.11 Å². The minimum Gasteiger partial charge on any atom is -0.507 e. The number of fused-ring (bicyclic) bond motifs is 1. The zero-order chi connectivity index (χ0) is 14.3. The molecule has 3 nitrogen and oxygen atoms in total. The van der Waals surface area contributed by atoms with Crippen molar-refractivity contribution in [2.75, 3.05) is 0 Å². The molecule has 0 amide bonds. The minimum absolute atomic E-state index is 0.137. The highest BCUT2D eigenvalue weighted by Gasteiger charge is 2.15. The first kappa shape index (κ1) is 12.5. The smallest absolute Gasteiger partial charge is 0.344 e. The zero-order valence-corrected chi connectivity index (χ0v) is 11.3. The summed E-state index contributed by atoms with van der Waals surface area (Å²) in [5.74, 6) is 0.137. The average Bonchev–Trinajstić information content (AvgIpc) is 2.38. The van der Waals surface area contributed by atoms with E-state index in [2.05, 4.69) is 0 Å². The maximum atomic E-state index is 12.2. The number of benzene rings is 2. The molecule has 0 radical (unpaired) electrons. The molecule has 3 aromatic rings. The van der Waals surface area contributed by atoms with Gasteiger partial charge >= 0.3 is 5.63 Å². The Hall–Kier alpha value is -2.55. The van der Waals surface area contributed by atoms with Crippen LogP contribution in [-0.2, 0) is 0 Å². The van der Waals surface area contributed by atoms with Gasteiger partial charge in [0, 0.05) is 0 Å². The molecule has 0 aliphatic carbocycles. The van der Waals surface area contributed by atoms with Crippen molar-refractivity contribution in [3.05, 3.63) is 64.0 Å². The normalized spacial score (nSPS) is 10.9. The first-order valence-corrected chi connectivity index (χ1v) is 6.40. The Balaban J connectivity index is 2.44. The second kappa shape index (κ2) is 4.53. The number of phenols is 1. The topological polar surface area (TPSA) is 50.4 Å². The number of hydrogen-bond acceptors (Lipinski definition) is 3. The summed E-state index contributed by atoms with van der Waals surface area (Å²) in [5, 5.41) is 10.7. The lowest BCUT2D eigenvalue weighted by atomic mass is 9.98. The lowest BCUT2D eigenvalue weighted by Gasteiger charge is -2.09. The van der Waals surface area contributed by atoms with Crippen LogP contribution in [0.25, 0.3) is 22.1 Å². The molecular formula is C17H14O3. The number of aryl methyl sites for hydroxylation is 2. The third-order valence-corrected chi connectivity index (χ3v) is 3.44. The monoisotopic (exact) mass is 266 g/mol. The largest absolute Gasteiger partial charge is 0.507 e. The molecule has 0 saturated heterocycles. The molecule has 0 spiro atoms. The summed E-state index contributed by atoms with van der Waals surface area (Å²) in [7, 11) is 0. The SMILES string of the molecule is Cc1cc(O)c2c(C)c(-c3ccccc3)c(=O)oc2c1. The van der Waals surface area contributed by atoms with Gasteiger partial charge in [0.2, 0.25) is 0 Å². The Morgan fingerprint density at radius 1 is 1.05 bits per heavy atom. The van der Waals surface area contributed by atoms with Crippen LogP contribution in [0.5, 0.6) is 5.75 Å². The molecule has 1 heterocycles. The Labute approximate surface area is 116 Å². The molecule has 0 aliphatic heterocycles. The van der Waals surface area contributed by atoms with Gasteiger partial charge in [0.15, 0.2) is 0 Å². The number of phenolic OH excluding ortho intramolecular Hbond substituents is 1. The molecule has 1 N–H and O–H groups in total. The maximum Gasteiger partial charge on any atom is 0.344 e. The van der Waals surface area contributed by atoms with Crippen LogP contribution in [0.2, 0.25) is 0 Å². The van der Waals surface area contributed by atoms with E-state index in [1.165, 1.54) is 0 Å². The molecule has 1 aromatic heterocycles. The van der Waals surface area contributed by atoms with E-state index in [4.69, 9.17) is 4.42 Å². The van der Waals surface area contributed by atoms with Crippen molar-refractivity contribution in [1.82, 2.24) is 0 Å². The van der Waals surface area contributed by atoms with Gasteiger partial charge in [0.05, 0.1) is 10.9 Å². The van der Waals surface area contributed by atoms with E-state index < -0.39 is 0 Å². The Kier molecular flexibility index (Phi) is 2.83. The molecule has 2 aromatic carbocycles. The summed E-state index contributed by atoms with van der Waals surface area (Å²) in [6.45, 7) is 3.68. The van der Waals surface area contributed by atoms with Crippen LogP contribution >= 0.6 is 0 Å². The van der Waals surface area contributed by atoms with E-state index in [0.717, 1.165) is 16.7 Å². The van der Waals surface area contributed by atoms with Crippen molar-refractivity contribution in [3.63, 3.8) is 0 Å². The fourth-order valence-electron chi connectivity index (χ4n) is 2.56. The van der Waals surface area contributed by atoms with Gasteiger partial charge in [-0.1, -0.05) is 30.3 Å². The van der Waals surface area contributed by atoms with E-state index >= 15 is 0 Å². The fourth-order valence-corrected chi connectivity index (χ4v) is 2.56. The number of hydrogen-bond donors (Lipinski definition) is 1. The highest BCUT2D eigenvalue weighted by molar-refractivity contribution is 5.91. The lowest BCUT2D eigenvalue weighted by Crippen LogP contribution is -2.06. The highest BCUT2D eigenvalue weighted by atomic mass is 16.4. The number of rotatable bonds is 1. The molecule has 0 fully saturated rings. The van der Waals surface area contributed by atoms with E-state index in [0.29, 0.717) is 16.5 Å². The lowest BCUT2D eigenvalue weighted by molar-refractivity contribution is 0.478. The van der Waals surface area contributed by atoms with Crippen LogP contribution in [0.4, 0.5) is 0 Å². The molecule has 0 saturated carbocycles. The molecule has 20 heavy (non-hydrogen) atoms. The summed E-state index contributed by atoms with van der Waals surface area (Å²) in [5.41, 5.74) is 2.92. The molecule has 3 rings (SSSR count). The summed E-state index contributed by atoms with van der Waals surface area (Å²) in [6.07, 6.45) is 0. The third kappa shape index (κ3) is 1.88. The van der Waals surface area contributed by atoms with Crippen molar-refractivity contribution in [1.29, 1.82) is 0 Å².